The number of piperazine rings is 1. The van der Waals surface area contributed by atoms with Gasteiger partial charge in [0.1, 0.15) is 5.76 Å². The SMILES string of the molecule is NNC(=O)c1ccoc1CN1CCNCC1. The van der Waals surface area contributed by atoms with E-state index >= 15 is 0 Å². The van der Waals surface area contributed by atoms with Crippen LogP contribution >= 0.6 is 0 Å². The molecule has 2 heterocycles. The van der Waals surface area contributed by atoms with Crippen molar-refractivity contribution in [1.82, 2.24) is 15.6 Å². The lowest BCUT2D eigenvalue weighted by molar-refractivity contribution is 0.0949. The molecule has 1 fully saturated rings. The van der Waals surface area contributed by atoms with Gasteiger partial charge in [0.05, 0.1) is 18.4 Å². The lowest BCUT2D eigenvalue weighted by Gasteiger charge is -2.26. The van der Waals surface area contributed by atoms with Crippen LogP contribution < -0.4 is 16.6 Å². The minimum atomic E-state index is -0.307. The van der Waals surface area contributed by atoms with E-state index in [1.165, 1.54) is 6.26 Å². The fourth-order valence-corrected chi connectivity index (χ4v) is 1.82. The Labute approximate surface area is 93.7 Å². The minimum absolute atomic E-state index is 0.307. The average molecular weight is 224 g/mol. The van der Waals surface area contributed by atoms with Gasteiger partial charge in [-0.1, -0.05) is 0 Å². The number of carbonyl (C=O) groups excluding carboxylic acids is 1. The van der Waals surface area contributed by atoms with Gasteiger partial charge in [0, 0.05) is 26.2 Å². The predicted molar refractivity (Wildman–Crippen MR) is 58.5 cm³/mol. The summed E-state index contributed by atoms with van der Waals surface area (Å²) in [5.74, 6) is 5.47. The molecule has 0 unspecified atom stereocenters. The number of carbonyl (C=O) groups is 1. The maximum Gasteiger partial charge on any atom is 0.268 e. The first-order valence-electron chi connectivity index (χ1n) is 5.31. The molecule has 0 radical (unpaired) electrons. The van der Waals surface area contributed by atoms with Gasteiger partial charge in [-0.15, -0.1) is 0 Å². The van der Waals surface area contributed by atoms with Gasteiger partial charge in [-0.2, -0.15) is 0 Å². The third-order valence-corrected chi connectivity index (χ3v) is 2.70. The van der Waals surface area contributed by atoms with Crippen molar-refractivity contribution in [3.63, 3.8) is 0 Å². The Bertz CT molecular complexity index is 357. The first kappa shape index (κ1) is 11.1. The number of furan rings is 1. The third kappa shape index (κ3) is 2.41. The van der Waals surface area contributed by atoms with Crippen molar-refractivity contribution in [3.8, 4) is 0 Å². The molecule has 16 heavy (non-hydrogen) atoms. The minimum Gasteiger partial charge on any atom is -0.467 e. The first-order chi connectivity index (χ1) is 7.81. The van der Waals surface area contributed by atoms with Crippen molar-refractivity contribution in [2.24, 2.45) is 5.84 Å². The molecule has 1 aliphatic heterocycles. The van der Waals surface area contributed by atoms with E-state index < -0.39 is 0 Å². The summed E-state index contributed by atoms with van der Waals surface area (Å²) in [5.41, 5.74) is 2.63. The Balaban J connectivity index is 2.03. The molecule has 0 aliphatic carbocycles. The number of rotatable bonds is 3. The van der Waals surface area contributed by atoms with E-state index in [0.717, 1.165) is 26.2 Å². The van der Waals surface area contributed by atoms with Crippen molar-refractivity contribution in [3.05, 3.63) is 23.7 Å². The highest BCUT2D eigenvalue weighted by atomic mass is 16.3. The third-order valence-electron chi connectivity index (χ3n) is 2.70. The highest BCUT2D eigenvalue weighted by molar-refractivity contribution is 5.94. The van der Waals surface area contributed by atoms with Gasteiger partial charge in [-0.3, -0.25) is 15.1 Å². The molecule has 0 spiro atoms. The van der Waals surface area contributed by atoms with E-state index in [-0.39, 0.29) is 5.91 Å². The van der Waals surface area contributed by atoms with Crippen molar-refractivity contribution in [2.45, 2.75) is 6.54 Å². The second kappa shape index (κ2) is 5.11. The lowest BCUT2D eigenvalue weighted by Crippen LogP contribution is -2.43. The fraction of sp³-hybridized carbons (Fsp3) is 0.500. The second-order valence-corrected chi connectivity index (χ2v) is 3.76. The summed E-state index contributed by atoms with van der Waals surface area (Å²) < 4.78 is 5.31. The van der Waals surface area contributed by atoms with Crippen molar-refractivity contribution in [2.75, 3.05) is 26.2 Å². The predicted octanol–water partition coefficient (Wildman–Crippen LogP) is -0.712. The highest BCUT2D eigenvalue weighted by Gasteiger charge is 2.17. The van der Waals surface area contributed by atoms with Gasteiger partial charge in [-0.25, -0.2) is 5.84 Å². The molecule has 88 valence electrons. The molecule has 6 heteroatoms. The summed E-state index contributed by atoms with van der Waals surface area (Å²) in [5, 5.41) is 3.27. The van der Waals surface area contributed by atoms with Crippen molar-refractivity contribution < 1.29 is 9.21 Å². The Morgan fingerprint density at radius 2 is 2.31 bits per heavy atom. The highest BCUT2D eigenvalue weighted by Crippen LogP contribution is 2.13. The Kier molecular flexibility index (Phi) is 3.55. The number of nitrogens with zero attached hydrogens (tertiary/aromatic N) is 1. The maximum atomic E-state index is 11.4. The van der Waals surface area contributed by atoms with E-state index in [9.17, 15) is 4.79 Å². The summed E-state index contributed by atoms with van der Waals surface area (Å²) in [4.78, 5) is 13.6. The van der Waals surface area contributed by atoms with Crippen LogP contribution in [0.3, 0.4) is 0 Å². The van der Waals surface area contributed by atoms with Crippen LogP contribution in [0.5, 0.6) is 0 Å². The lowest BCUT2D eigenvalue weighted by atomic mass is 10.2. The van der Waals surface area contributed by atoms with E-state index in [2.05, 4.69) is 15.6 Å². The molecule has 1 aromatic heterocycles. The van der Waals surface area contributed by atoms with E-state index in [4.69, 9.17) is 10.3 Å². The van der Waals surface area contributed by atoms with E-state index in [0.29, 0.717) is 17.9 Å². The van der Waals surface area contributed by atoms with Crippen LogP contribution in [0.2, 0.25) is 0 Å². The zero-order chi connectivity index (χ0) is 11.4. The molecular formula is C10H16N4O2. The number of hydrogen-bond acceptors (Lipinski definition) is 5. The molecule has 0 saturated carbocycles. The van der Waals surface area contributed by atoms with Crippen LogP contribution in [0, 0.1) is 0 Å². The van der Waals surface area contributed by atoms with Crippen LogP contribution in [-0.4, -0.2) is 37.0 Å². The standard InChI is InChI=1S/C10H16N4O2/c11-13-10(15)8-1-6-16-9(8)7-14-4-2-12-3-5-14/h1,6,12H,2-5,7,11H2,(H,13,15). The summed E-state index contributed by atoms with van der Waals surface area (Å²) >= 11 is 0. The fourth-order valence-electron chi connectivity index (χ4n) is 1.82. The van der Waals surface area contributed by atoms with Gasteiger partial charge >= 0.3 is 0 Å². The Hall–Kier alpha value is -1.37. The summed E-state index contributed by atoms with van der Waals surface area (Å²) in [6.07, 6.45) is 1.52. The smallest absolute Gasteiger partial charge is 0.268 e. The average Bonchev–Trinajstić information content (AvgIpc) is 2.77. The van der Waals surface area contributed by atoms with E-state index in [1.807, 2.05) is 0 Å². The molecule has 1 saturated heterocycles. The van der Waals surface area contributed by atoms with Crippen molar-refractivity contribution in [1.29, 1.82) is 0 Å². The van der Waals surface area contributed by atoms with Crippen LogP contribution in [0.4, 0.5) is 0 Å². The number of hydrazine groups is 1. The van der Waals surface area contributed by atoms with E-state index in [1.54, 1.807) is 6.07 Å². The molecular weight excluding hydrogens is 208 g/mol. The van der Waals surface area contributed by atoms with Crippen LogP contribution in [0.25, 0.3) is 0 Å². The van der Waals surface area contributed by atoms with Gasteiger partial charge in [0.2, 0.25) is 0 Å². The molecule has 2 rings (SSSR count). The molecule has 6 nitrogen and oxygen atoms in total. The number of hydrogen-bond donors (Lipinski definition) is 3. The molecule has 0 atom stereocenters. The van der Waals surface area contributed by atoms with Crippen LogP contribution in [0.1, 0.15) is 16.1 Å². The molecule has 0 bridgehead atoms. The van der Waals surface area contributed by atoms with Gasteiger partial charge in [-0.05, 0) is 6.07 Å². The molecule has 1 aromatic rings. The van der Waals surface area contributed by atoms with Crippen LogP contribution in [-0.2, 0) is 6.54 Å². The zero-order valence-corrected chi connectivity index (χ0v) is 9.03. The molecule has 4 N–H and O–H groups in total. The second-order valence-electron chi connectivity index (χ2n) is 3.76. The van der Waals surface area contributed by atoms with Gasteiger partial charge < -0.3 is 9.73 Å². The molecule has 1 aliphatic rings. The summed E-state index contributed by atoms with van der Waals surface area (Å²) in [7, 11) is 0. The van der Waals surface area contributed by atoms with Crippen molar-refractivity contribution >= 4 is 5.91 Å². The number of nitrogens with two attached hydrogens (primary N) is 1. The quantitative estimate of drug-likeness (QED) is 0.359. The van der Waals surface area contributed by atoms with Gasteiger partial charge in [0.15, 0.2) is 0 Å². The molecule has 0 aromatic carbocycles. The van der Waals surface area contributed by atoms with Gasteiger partial charge in [0.25, 0.3) is 5.91 Å². The maximum absolute atomic E-state index is 11.4. The van der Waals surface area contributed by atoms with Crippen LogP contribution in [0.15, 0.2) is 16.7 Å². The monoisotopic (exact) mass is 224 g/mol. The molecule has 1 amide bonds. The summed E-state index contributed by atoms with van der Waals surface area (Å²) in [6.45, 7) is 4.52. The number of nitrogen functional groups attached to an aromatic ring is 1. The first-order valence-corrected chi connectivity index (χ1v) is 5.31. The Morgan fingerprint density at radius 3 is 3.00 bits per heavy atom. The number of nitrogens with one attached hydrogen (secondary N) is 2. The summed E-state index contributed by atoms with van der Waals surface area (Å²) in [6, 6.07) is 1.64. The normalized spacial score (nSPS) is 17.3. The number of amides is 1. The largest absolute Gasteiger partial charge is 0.467 e. The Morgan fingerprint density at radius 1 is 1.56 bits per heavy atom. The zero-order valence-electron chi connectivity index (χ0n) is 9.03. The topological polar surface area (TPSA) is 83.5 Å².